The van der Waals surface area contributed by atoms with Gasteiger partial charge in [0.1, 0.15) is 11.5 Å². The smallest absolute Gasteiger partial charge is 0.425 e. The summed E-state index contributed by atoms with van der Waals surface area (Å²) in [5.41, 5.74) is 3.30. The zero-order valence-electron chi connectivity index (χ0n) is 16.1. The SMILES string of the molecule is COc1cnc(C(=O)Nc2cc(Cl)c(F)c(C3(C)CC(C(F)(F)F)OC(N)=N3)c2)cn1. The third-order valence-electron chi connectivity index (χ3n) is 4.50. The molecular weight excluding hydrogens is 446 g/mol. The van der Waals surface area contributed by atoms with E-state index in [-0.39, 0.29) is 22.8 Å². The lowest BCUT2D eigenvalue weighted by Gasteiger charge is -2.36. The summed E-state index contributed by atoms with van der Waals surface area (Å²) in [6.07, 6.45) is -5.41. The second-order valence-corrected chi connectivity index (χ2v) is 7.20. The number of anilines is 1. The summed E-state index contributed by atoms with van der Waals surface area (Å²) in [4.78, 5) is 24.0. The molecule has 0 radical (unpaired) electrons. The first kappa shape index (κ1) is 22.5. The van der Waals surface area contributed by atoms with Crippen LogP contribution in [0.3, 0.4) is 0 Å². The lowest BCUT2D eigenvalue weighted by Crippen LogP contribution is -2.46. The van der Waals surface area contributed by atoms with E-state index in [0.717, 1.165) is 18.3 Å². The van der Waals surface area contributed by atoms with Crippen LogP contribution in [0.15, 0.2) is 29.5 Å². The zero-order valence-corrected chi connectivity index (χ0v) is 16.9. The van der Waals surface area contributed by atoms with Crippen LogP contribution in [0, 0.1) is 5.82 Å². The van der Waals surface area contributed by atoms with Crippen LogP contribution >= 0.6 is 11.6 Å². The predicted molar refractivity (Wildman–Crippen MR) is 102 cm³/mol. The summed E-state index contributed by atoms with van der Waals surface area (Å²) >= 11 is 5.93. The summed E-state index contributed by atoms with van der Waals surface area (Å²) in [5, 5.41) is 2.01. The Morgan fingerprint density at radius 3 is 2.65 bits per heavy atom. The van der Waals surface area contributed by atoms with Crippen LogP contribution in [0.25, 0.3) is 0 Å². The summed E-state index contributed by atoms with van der Waals surface area (Å²) in [6.45, 7) is 1.26. The molecule has 31 heavy (non-hydrogen) atoms. The fourth-order valence-electron chi connectivity index (χ4n) is 3.00. The van der Waals surface area contributed by atoms with Crippen molar-refractivity contribution in [1.29, 1.82) is 0 Å². The van der Waals surface area contributed by atoms with E-state index in [1.54, 1.807) is 0 Å². The van der Waals surface area contributed by atoms with Gasteiger partial charge in [0.2, 0.25) is 5.88 Å². The standard InChI is InChI=1S/C18H16ClF4N5O3/c1-17(5-12(18(21,22)23)31-16(24)28-17)9-3-8(4-10(19)14(9)20)27-15(29)11-6-26-13(30-2)7-25-11/h3-4,6-7,12H,5H2,1-2H3,(H2,24,28)(H,27,29). The van der Waals surface area contributed by atoms with Gasteiger partial charge in [-0.2, -0.15) is 13.2 Å². The largest absolute Gasteiger partial charge is 0.480 e. The van der Waals surface area contributed by atoms with Gasteiger partial charge in [-0.25, -0.2) is 19.4 Å². The molecule has 3 rings (SSSR count). The maximum atomic E-state index is 14.8. The average Bonchev–Trinajstić information content (AvgIpc) is 2.69. The Labute approximate surface area is 178 Å². The van der Waals surface area contributed by atoms with E-state index < -0.39 is 47.0 Å². The van der Waals surface area contributed by atoms with Gasteiger partial charge < -0.3 is 20.5 Å². The number of hydrogen-bond acceptors (Lipinski definition) is 7. The molecule has 0 saturated heterocycles. The fourth-order valence-corrected chi connectivity index (χ4v) is 3.22. The summed E-state index contributed by atoms with van der Waals surface area (Å²) < 4.78 is 63.8. The zero-order chi connectivity index (χ0) is 23.0. The van der Waals surface area contributed by atoms with Crippen LogP contribution < -0.4 is 15.8 Å². The van der Waals surface area contributed by atoms with E-state index in [9.17, 15) is 22.4 Å². The molecule has 1 aliphatic rings. The van der Waals surface area contributed by atoms with Crippen molar-refractivity contribution in [2.45, 2.75) is 31.2 Å². The second-order valence-electron chi connectivity index (χ2n) is 6.79. The number of amidine groups is 1. The third kappa shape index (κ3) is 4.79. The van der Waals surface area contributed by atoms with E-state index in [4.69, 9.17) is 22.1 Å². The number of halogens is 5. The molecule has 0 aliphatic carbocycles. The molecule has 1 amide bonds. The number of carbonyl (C=O) groups excluding carboxylic acids is 1. The molecule has 13 heteroatoms. The monoisotopic (exact) mass is 461 g/mol. The van der Waals surface area contributed by atoms with Crippen LogP contribution in [-0.4, -0.2) is 41.3 Å². The molecule has 2 heterocycles. The Morgan fingerprint density at radius 2 is 2.06 bits per heavy atom. The van der Waals surface area contributed by atoms with Gasteiger partial charge in [-0.3, -0.25) is 4.79 Å². The molecule has 166 valence electrons. The van der Waals surface area contributed by atoms with Crippen molar-refractivity contribution in [3.8, 4) is 5.88 Å². The lowest BCUT2D eigenvalue weighted by atomic mass is 9.85. The molecule has 0 fully saturated rings. The van der Waals surface area contributed by atoms with Gasteiger partial charge in [-0.05, 0) is 19.1 Å². The van der Waals surface area contributed by atoms with Crippen molar-refractivity contribution in [1.82, 2.24) is 9.97 Å². The number of aliphatic imine (C=N–C) groups is 1. The number of nitrogens with two attached hydrogens (primary N) is 1. The molecule has 1 aliphatic heterocycles. The molecular formula is C18H16ClF4N5O3. The maximum Gasteiger partial charge on any atom is 0.425 e. The topological polar surface area (TPSA) is 112 Å². The Kier molecular flexibility index (Phi) is 5.94. The minimum absolute atomic E-state index is 0.00839. The highest BCUT2D eigenvalue weighted by Gasteiger charge is 2.50. The first-order valence-corrected chi connectivity index (χ1v) is 9.06. The van der Waals surface area contributed by atoms with Gasteiger partial charge in [-0.1, -0.05) is 11.6 Å². The van der Waals surface area contributed by atoms with Crippen LogP contribution in [0.5, 0.6) is 5.88 Å². The number of benzene rings is 1. The van der Waals surface area contributed by atoms with E-state index in [2.05, 4.69) is 25.0 Å². The lowest BCUT2D eigenvalue weighted by molar-refractivity contribution is -0.208. The highest BCUT2D eigenvalue weighted by Crippen LogP contribution is 2.42. The van der Waals surface area contributed by atoms with Gasteiger partial charge in [0.15, 0.2) is 6.10 Å². The van der Waals surface area contributed by atoms with Gasteiger partial charge >= 0.3 is 6.18 Å². The van der Waals surface area contributed by atoms with Crippen molar-refractivity contribution >= 4 is 29.2 Å². The molecule has 0 bridgehead atoms. The minimum Gasteiger partial charge on any atom is -0.480 e. The Bertz CT molecular complexity index is 1030. The summed E-state index contributed by atoms with van der Waals surface area (Å²) in [5.74, 6) is -1.52. The number of aromatic nitrogens is 2. The molecule has 0 saturated carbocycles. The second kappa shape index (κ2) is 8.17. The number of alkyl halides is 3. The Balaban J connectivity index is 1.95. The van der Waals surface area contributed by atoms with Gasteiger partial charge in [0.25, 0.3) is 11.9 Å². The number of methoxy groups -OCH3 is 1. The van der Waals surface area contributed by atoms with E-state index >= 15 is 0 Å². The van der Waals surface area contributed by atoms with Gasteiger partial charge in [0.05, 0.1) is 30.1 Å². The van der Waals surface area contributed by atoms with Crippen molar-refractivity contribution in [3.05, 3.63) is 46.6 Å². The molecule has 0 spiro atoms. The summed E-state index contributed by atoms with van der Waals surface area (Å²) in [6, 6.07) is 1.49. The quantitative estimate of drug-likeness (QED) is 0.675. The first-order chi connectivity index (χ1) is 14.4. The van der Waals surface area contributed by atoms with Crippen molar-refractivity contribution in [2.24, 2.45) is 10.7 Å². The molecule has 1 aromatic carbocycles. The van der Waals surface area contributed by atoms with Crippen molar-refractivity contribution in [3.63, 3.8) is 0 Å². The Morgan fingerprint density at radius 1 is 1.35 bits per heavy atom. The number of ether oxygens (including phenoxy) is 2. The number of nitrogens with one attached hydrogen (secondary N) is 1. The number of nitrogens with zero attached hydrogens (tertiary/aromatic N) is 3. The molecule has 2 atom stereocenters. The number of rotatable bonds is 4. The van der Waals surface area contributed by atoms with E-state index in [1.165, 1.54) is 20.2 Å². The van der Waals surface area contributed by atoms with Gasteiger partial charge in [-0.15, -0.1) is 0 Å². The van der Waals surface area contributed by atoms with Crippen molar-refractivity contribution < 1.29 is 31.8 Å². The van der Waals surface area contributed by atoms with E-state index in [0.29, 0.717) is 0 Å². The predicted octanol–water partition coefficient (Wildman–Crippen LogP) is 3.41. The molecule has 1 aromatic heterocycles. The first-order valence-electron chi connectivity index (χ1n) is 8.68. The minimum atomic E-state index is -4.75. The fraction of sp³-hybridized carbons (Fsp3) is 0.333. The van der Waals surface area contributed by atoms with E-state index in [1.807, 2.05) is 0 Å². The molecule has 3 N–H and O–H groups in total. The Hall–Kier alpha value is -3.15. The molecule has 8 nitrogen and oxygen atoms in total. The van der Waals surface area contributed by atoms with Crippen LogP contribution in [0.4, 0.5) is 23.2 Å². The summed E-state index contributed by atoms with van der Waals surface area (Å²) in [7, 11) is 1.38. The van der Waals surface area contributed by atoms with Crippen molar-refractivity contribution in [2.75, 3.05) is 12.4 Å². The number of hydrogen-bond donors (Lipinski definition) is 2. The third-order valence-corrected chi connectivity index (χ3v) is 4.78. The van der Waals surface area contributed by atoms with Crippen LogP contribution in [-0.2, 0) is 10.3 Å². The number of carbonyl (C=O) groups is 1. The average molecular weight is 462 g/mol. The van der Waals surface area contributed by atoms with Crippen LogP contribution in [0.2, 0.25) is 5.02 Å². The molecule has 2 unspecified atom stereocenters. The normalized spacial score (nSPS) is 21.1. The molecule has 2 aromatic rings. The van der Waals surface area contributed by atoms with Crippen LogP contribution in [0.1, 0.15) is 29.4 Å². The van der Waals surface area contributed by atoms with Gasteiger partial charge in [0, 0.05) is 17.7 Å². The highest BCUT2D eigenvalue weighted by atomic mass is 35.5. The number of amides is 1. The maximum absolute atomic E-state index is 14.8. The highest BCUT2D eigenvalue weighted by molar-refractivity contribution is 6.31.